The second-order valence-electron chi connectivity index (χ2n) is 16.7. The molecule has 0 bridgehead atoms. The van der Waals surface area contributed by atoms with Crippen LogP contribution in [0.25, 0.3) is 22.9 Å². The Morgan fingerprint density at radius 2 is 0.855 bits per heavy atom. The number of carbonyl (C=O) groups excluding carboxylic acids is 5. The topological polar surface area (TPSA) is 274 Å². The fourth-order valence-corrected chi connectivity index (χ4v) is 5.64. The Morgan fingerprint density at radius 3 is 1.17 bits per heavy atom. The average Bonchev–Trinajstić information content (AvgIpc) is 3.92. The van der Waals surface area contributed by atoms with Gasteiger partial charge in [-0.15, -0.1) is 0 Å². The third-order valence-corrected chi connectivity index (χ3v) is 8.46. The largest absolute Gasteiger partial charge is 0.482 e. The highest BCUT2D eigenvalue weighted by molar-refractivity contribution is 5.77. The van der Waals surface area contributed by atoms with E-state index < -0.39 is 47.7 Å². The van der Waals surface area contributed by atoms with Crippen molar-refractivity contribution in [1.29, 1.82) is 0 Å². The van der Waals surface area contributed by atoms with Gasteiger partial charge >= 0.3 is 35.8 Å². The number of hydrogen-bond donors (Lipinski definition) is 1. The Labute approximate surface area is 398 Å². The summed E-state index contributed by atoms with van der Waals surface area (Å²) in [5.41, 5.74) is 2.77. The fourth-order valence-electron chi connectivity index (χ4n) is 5.64. The molecule has 0 unspecified atom stereocenters. The Morgan fingerprint density at radius 1 is 0.507 bits per heavy atom. The molecule has 5 aromatic rings. The zero-order chi connectivity index (χ0) is 51.5. The number of aryl methyl sites for hydroxylation is 3. The molecular formula is C48H58N4O17. The number of carboxylic acids is 1. The first-order valence-corrected chi connectivity index (χ1v) is 21.1. The summed E-state index contributed by atoms with van der Waals surface area (Å²) < 4.78 is 50.7. The summed E-state index contributed by atoms with van der Waals surface area (Å²) in [6, 6.07) is 15.3. The molecule has 1 N–H and O–H groups in total. The van der Waals surface area contributed by atoms with Crippen LogP contribution >= 0.6 is 0 Å². The quantitative estimate of drug-likeness (QED) is 0.0809. The Kier molecular flexibility index (Phi) is 20.8. The summed E-state index contributed by atoms with van der Waals surface area (Å²) in [5.74, 6) is -0.583. The van der Waals surface area contributed by atoms with E-state index in [9.17, 15) is 28.8 Å². The van der Waals surface area contributed by atoms with Gasteiger partial charge in [-0.2, -0.15) is 9.97 Å². The Balaban J connectivity index is 0.000000276. The molecule has 2 heterocycles. The summed E-state index contributed by atoms with van der Waals surface area (Å²) in [7, 11) is 3.90. The maximum Gasteiger partial charge on any atom is 0.344 e. The summed E-state index contributed by atoms with van der Waals surface area (Å²) >= 11 is 0. The summed E-state index contributed by atoms with van der Waals surface area (Å²) in [6.07, 6.45) is 0.00928. The lowest BCUT2D eigenvalue weighted by atomic mass is 10.1. The molecule has 3 aromatic carbocycles. The van der Waals surface area contributed by atoms with Crippen molar-refractivity contribution in [2.75, 3.05) is 41.2 Å². The SMILES string of the molecule is COC(=O)Cc1cc(-c2nc(C)no2)ccc1OCC(=O)O.COC(=O)Cc1cc(-c2nc(C)no2)ccc1OCC(=O)OC(C)(C)C.COC(=O)Cc1cc(C)ccc1OCC(=O)OC(C)(C)C. The highest BCUT2D eigenvalue weighted by Crippen LogP contribution is 2.29. The van der Waals surface area contributed by atoms with Crippen molar-refractivity contribution in [2.45, 2.75) is 92.8 Å². The zero-order valence-electron chi connectivity index (χ0n) is 40.7. The lowest BCUT2D eigenvalue weighted by molar-refractivity contribution is -0.158. The molecule has 0 amide bonds. The number of aromatic nitrogens is 4. The molecular weight excluding hydrogens is 905 g/mol. The van der Waals surface area contributed by atoms with Crippen molar-refractivity contribution in [2.24, 2.45) is 0 Å². The number of carbonyl (C=O) groups is 6. The number of rotatable bonds is 17. The van der Waals surface area contributed by atoms with E-state index in [2.05, 4.69) is 29.8 Å². The highest BCUT2D eigenvalue weighted by Gasteiger charge is 2.21. The van der Waals surface area contributed by atoms with E-state index in [0.717, 1.165) is 5.56 Å². The molecule has 69 heavy (non-hydrogen) atoms. The summed E-state index contributed by atoms with van der Waals surface area (Å²) in [6.45, 7) is 15.0. The molecule has 0 radical (unpaired) electrons. The van der Waals surface area contributed by atoms with Crippen LogP contribution in [0.1, 0.15) is 75.4 Å². The number of ether oxygens (including phenoxy) is 8. The second-order valence-corrected chi connectivity index (χ2v) is 16.7. The maximum atomic E-state index is 11.8. The lowest BCUT2D eigenvalue weighted by Crippen LogP contribution is -2.27. The summed E-state index contributed by atoms with van der Waals surface area (Å²) in [5, 5.41) is 16.1. The van der Waals surface area contributed by atoms with Crippen molar-refractivity contribution < 1.29 is 80.8 Å². The van der Waals surface area contributed by atoms with Gasteiger partial charge in [-0.3, -0.25) is 14.4 Å². The number of benzene rings is 3. The highest BCUT2D eigenvalue weighted by atomic mass is 16.6. The van der Waals surface area contributed by atoms with Crippen LogP contribution in [0, 0.1) is 20.8 Å². The first-order valence-electron chi connectivity index (χ1n) is 21.1. The minimum Gasteiger partial charge on any atom is -0.482 e. The van der Waals surface area contributed by atoms with Crippen LogP contribution in [0.2, 0.25) is 0 Å². The number of hydrogen-bond acceptors (Lipinski definition) is 20. The third kappa shape index (κ3) is 20.3. The van der Waals surface area contributed by atoms with Crippen molar-refractivity contribution in [3.05, 3.63) is 88.5 Å². The molecule has 5 rings (SSSR count). The smallest absolute Gasteiger partial charge is 0.344 e. The van der Waals surface area contributed by atoms with Crippen molar-refractivity contribution in [3.63, 3.8) is 0 Å². The van der Waals surface area contributed by atoms with Gasteiger partial charge in [0.25, 0.3) is 11.8 Å². The van der Waals surface area contributed by atoms with Crippen LogP contribution in [0.3, 0.4) is 0 Å². The van der Waals surface area contributed by atoms with E-state index in [1.807, 2.05) is 19.1 Å². The number of nitrogens with zero attached hydrogens (tertiary/aromatic N) is 4. The van der Waals surface area contributed by atoms with Gasteiger partial charge in [0.2, 0.25) is 0 Å². The van der Waals surface area contributed by atoms with E-state index in [1.54, 1.807) is 97.9 Å². The van der Waals surface area contributed by atoms with Crippen LogP contribution in [0.5, 0.6) is 17.2 Å². The van der Waals surface area contributed by atoms with E-state index in [0.29, 0.717) is 62.7 Å². The van der Waals surface area contributed by atoms with Gasteiger partial charge < -0.3 is 52.0 Å². The molecule has 0 aliphatic heterocycles. The normalized spacial score (nSPS) is 10.8. The molecule has 0 fully saturated rings. The van der Waals surface area contributed by atoms with Crippen molar-refractivity contribution >= 4 is 35.8 Å². The molecule has 372 valence electrons. The number of esters is 5. The number of methoxy groups -OCH3 is 3. The number of carboxylic acid groups (broad SMARTS) is 1. The van der Waals surface area contributed by atoms with Crippen LogP contribution < -0.4 is 14.2 Å². The van der Waals surface area contributed by atoms with Crippen molar-refractivity contribution in [3.8, 4) is 40.2 Å². The minimum atomic E-state index is -1.11. The van der Waals surface area contributed by atoms with Crippen molar-refractivity contribution in [1.82, 2.24) is 20.3 Å². The molecule has 21 nitrogen and oxygen atoms in total. The Hall–Kier alpha value is -7.84. The molecule has 0 aliphatic carbocycles. The van der Waals surface area contributed by atoms with Gasteiger partial charge in [-0.1, -0.05) is 28.0 Å². The molecule has 0 spiro atoms. The van der Waals surface area contributed by atoms with Gasteiger partial charge in [0.15, 0.2) is 31.5 Å². The van der Waals surface area contributed by atoms with Gasteiger partial charge in [-0.05, 0) is 105 Å². The lowest BCUT2D eigenvalue weighted by Gasteiger charge is -2.20. The molecule has 0 aliphatic rings. The molecule has 0 atom stereocenters. The van der Waals surface area contributed by atoms with Crippen LogP contribution in [0.15, 0.2) is 63.6 Å². The van der Waals surface area contributed by atoms with Crippen LogP contribution in [-0.4, -0.2) is 114 Å². The first kappa shape index (κ1) is 55.5. The van der Waals surface area contributed by atoms with Crippen LogP contribution in [-0.2, 0) is 71.7 Å². The monoisotopic (exact) mass is 962 g/mol. The van der Waals surface area contributed by atoms with Gasteiger partial charge in [-0.25, -0.2) is 14.4 Å². The summed E-state index contributed by atoms with van der Waals surface area (Å²) in [4.78, 5) is 76.9. The Bertz CT molecular complexity index is 2550. The standard InChI is InChI=1S/C18H22N2O6.C16H22O5.C14H14N2O6/c1-11-19-17(26-20-11)12-6-7-14(13(8-12)9-15(21)23-5)24-10-16(22)25-18(2,3)4;1-11-6-7-13(12(8-11)9-14(17)19-5)20-10-15(18)21-16(2,3)4;1-8-15-14(22-16-8)9-3-4-11(21-7-12(17)18)10(5-9)6-13(19)20-2/h6-8H,9-10H2,1-5H3;6-8H,9-10H2,1-5H3;3-5H,6-7H2,1-2H3,(H,17,18). The third-order valence-electron chi connectivity index (χ3n) is 8.46. The molecule has 0 saturated carbocycles. The fraction of sp³-hybridized carbons (Fsp3) is 0.417. The molecule has 0 saturated heterocycles. The minimum absolute atomic E-state index is 0.0267. The van der Waals surface area contributed by atoms with Gasteiger partial charge in [0.1, 0.15) is 28.5 Å². The molecule has 21 heteroatoms. The zero-order valence-corrected chi connectivity index (χ0v) is 40.7. The van der Waals surface area contributed by atoms with E-state index in [4.69, 9.17) is 42.6 Å². The number of aliphatic carboxylic acids is 1. The van der Waals surface area contributed by atoms with E-state index in [-0.39, 0.29) is 44.2 Å². The van der Waals surface area contributed by atoms with Gasteiger partial charge in [0, 0.05) is 27.8 Å². The average molecular weight is 963 g/mol. The van der Waals surface area contributed by atoms with E-state index >= 15 is 0 Å². The first-order chi connectivity index (χ1) is 32.4. The maximum absolute atomic E-state index is 11.8. The second kappa shape index (κ2) is 25.9. The molecule has 2 aromatic heterocycles. The van der Waals surface area contributed by atoms with Gasteiger partial charge in [0.05, 0.1) is 40.6 Å². The van der Waals surface area contributed by atoms with E-state index in [1.165, 1.54) is 21.3 Å². The van der Waals surface area contributed by atoms with Crippen LogP contribution in [0.4, 0.5) is 0 Å². The predicted octanol–water partition coefficient (Wildman–Crippen LogP) is 6.14. The predicted molar refractivity (Wildman–Crippen MR) is 243 cm³/mol.